The van der Waals surface area contributed by atoms with Crippen molar-refractivity contribution in [3.8, 4) is 11.5 Å². The third-order valence-electron chi connectivity index (χ3n) is 4.60. The van der Waals surface area contributed by atoms with Crippen LogP contribution >= 0.6 is 0 Å². The number of amides is 1. The second-order valence-corrected chi connectivity index (χ2v) is 7.72. The van der Waals surface area contributed by atoms with Gasteiger partial charge in [-0.1, -0.05) is 32.0 Å². The van der Waals surface area contributed by atoms with Crippen LogP contribution in [0, 0.1) is 5.92 Å². The quantitative estimate of drug-likeness (QED) is 0.404. The van der Waals surface area contributed by atoms with Gasteiger partial charge in [0.2, 0.25) is 6.79 Å². The van der Waals surface area contributed by atoms with Crippen LogP contribution in [0.1, 0.15) is 45.1 Å². The van der Waals surface area contributed by atoms with Crippen LogP contribution in [0.5, 0.6) is 11.5 Å². The molecule has 9 heteroatoms. The van der Waals surface area contributed by atoms with Gasteiger partial charge < -0.3 is 24.3 Å². The van der Waals surface area contributed by atoms with Gasteiger partial charge in [0.05, 0.1) is 0 Å². The van der Waals surface area contributed by atoms with Crippen molar-refractivity contribution in [3.05, 3.63) is 54.4 Å². The molecule has 1 amide bonds. The first kappa shape index (κ1) is 25.6. The predicted molar refractivity (Wildman–Crippen MR) is 120 cm³/mol. The number of benzene rings is 1. The highest BCUT2D eigenvalue weighted by Gasteiger charge is 2.30. The van der Waals surface area contributed by atoms with Crippen molar-refractivity contribution < 1.29 is 33.3 Å². The van der Waals surface area contributed by atoms with Crippen LogP contribution in [0.25, 0.3) is 0 Å². The maximum absolute atomic E-state index is 12.7. The highest BCUT2D eigenvalue weighted by atomic mass is 16.7. The highest BCUT2D eigenvalue weighted by Crippen LogP contribution is 2.19. The Morgan fingerprint density at radius 1 is 1.00 bits per heavy atom. The molecular formula is C24H30N2O7. The number of hydrogen-bond acceptors (Lipinski definition) is 8. The van der Waals surface area contributed by atoms with Crippen molar-refractivity contribution >= 4 is 17.8 Å². The Balaban J connectivity index is 1.99. The maximum Gasteiger partial charge on any atom is 0.328 e. The fourth-order valence-corrected chi connectivity index (χ4v) is 2.97. The zero-order chi connectivity index (χ0) is 24.4. The zero-order valence-electron chi connectivity index (χ0n) is 19.4. The fraction of sp³-hybridized carbons (Fsp3) is 0.417. The summed E-state index contributed by atoms with van der Waals surface area (Å²) in [6.07, 6.45) is 0.472. The zero-order valence-corrected chi connectivity index (χ0v) is 19.4. The van der Waals surface area contributed by atoms with E-state index >= 15 is 0 Å². The molecule has 0 saturated heterocycles. The third-order valence-corrected chi connectivity index (χ3v) is 4.60. The first-order valence-electron chi connectivity index (χ1n) is 10.6. The number of rotatable bonds is 11. The molecule has 1 heterocycles. The number of aromatic nitrogens is 1. The average Bonchev–Trinajstić information content (AvgIpc) is 2.77. The number of carbonyl (C=O) groups excluding carboxylic acids is 3. The monoisotopic (exact) mass is 458 g/mol. The van der Waals surface area contributed by atoms with E-state index in [9.17, 15) is 14.4 Å². The van der Waals surface area contributed by atoms with Gasteiger partial charge in [0, 0.05) is 13.1 Å². The lowest BCUT2D eigenvalue weighted by atomic mass is 10.0. The Morgan fingerprint density at radius 2 is 1.70 bits per heavy atom. The van der Waals surface area contributed by atoms with Crippen LogP contribution in [-0.2, 0) is 19.1 Å². The lowest BCUT2D eigenvalue weighted by Crippen LogP contribution is -2.45. The third kappa shape index (κ3) is 8.10. The van der Waals surface area contributed by atoms with E-state index < -0.39 is 36.1 Å². The molecule has 0 aliphatic carbocycles. The van der Waals surface area contributed by atoms with Crippen molar-refractivity contribution in [1.82, 2.24) is 10.3 Å². The van der Waals surface area contributed by atoms with E-state index in [1.54, 1.807) is 6.07 Å². The van der Waals surface area contributed by atoms with Crippen molar-refractivity contribution in [2.24, 2.45) is 5.92 Å². The van der Waals surface area contributed by atoms with E-state index in [-0.39, 0.29) is 24.2 Å². The molecule has 0 aliphatic rings. The SMILES string of the molecule is CC(=O)OCOc1cccnc1C(=O)N[C@@H](C)C(=O)O[C@H](C(C)C)[C@H](C)Oc1ccccc1. The number of nitrogens with one attached hydrogen (secondary N) is 1. The summed E-state index contributed by atoms with van der Waals surface area (Å²) in [6.45, 7) is 8.06. The number of pyridine rings is 1. The van der Waals surface area contributed by atoms with Crippen molar-refractivity contribution in [1.29, 1.82) is 0 Å². The summed E-state index contributed by atoms with van der Waals surface area (Å²) in [5.74, 6) is -0.998. The fourth-order valence-electron chi connectivity index (χ4n) is 2.97. The lowest BCUT2D eigenvalue weighted by molar-refractivity contribution is -0.158. The molecular weight excluding hydrogens is 428 g/mol. The normalized spacial score (nSPS) is 13.4. The second kappa shape index (κ2) is 12.4. The number of para-hydroxylation sites is 1. The van der Waals surface area contributed by atoms with Crippen LogP contribution in [0.15, 0.2) is 48.7 Å². The van der Waals surface area contributed by atoms with Crippen molar-refractivity contribution in [3.63, 3.8) is 0 Å². The van der Waals surface area contributed by atoms with Gasteiger partial charge in [-0.05, 0) is 44.0 Å². The molecule has 3 atom stereocenters. The van der Waals surface area contributed by atoms with Crippen LogP contribution < -0.4 is 14.8 Å². The Labute approximate surface area is 193 Å². The van der Waals surface area contributed by atoms with Crippen LogP contribution in [0.4, 0.5) is 0 Å². The van der Waals surface area contributed by atoms with Gasteiger partial charge in [-0.15, -0.1) is 0 Å². The second-order valence-electron chi connectivity index (χ2n) is 7.72. The van der Waals surface area contributed by atoms with E-state index in [1.165, 1.54) is 26.1 Å². The molecule has 1 N–H and O–H groups in total. The van der Waals surface area contributed by atoms with Crippen molar-refractivity contribution in [2.75, 3.05) is 6.79 Å². The molecule has 0 fully saturated rings. The van der Waals surface area contributed by atoms with E-state index in [4.69, 9.17) is 18.9 Å². The van der Waals surface area contributed by atoms with E-state index in [0.717, 1.165) is 0 Å². The first-order chi connectivity index (χ1) is 15.7. The van der Waals surface area contributed by atoms with Gasteiger partial charge in [0.1, 0.15) is 24.0 Å². The minimum Gasteiger partial charge on any atom is -0.487 e. The topological polar surface area (TPSA) is 113 Å². The van der Waals surface area contributed by atoms with Gasteiger partial charge in [-0.3, -0.25) is 9.59 Å². The standard InChI is InChI=1S/C24H30N2O7/c1-15(2)22(17(4)32-19-10-7-6-8-11-19)33-24(29)16(3)26-23(28)21-20(12-9-13-25-21)31-14-30-18(5)27/h6-13,15-17,22H,14H2,1-5H3,(H,26,28)/t16-,17-,22+/m0/s1. The molecule has 33 heavy (non-hydrogen) atoms. The Morgan fingerprint density at radius 3 is 2.33 bits per heavy atom. The summed E-state index contributed by atoms with van der Waals surface area (Å²) in [6, 6.07) is 11.4. The van der Waals surface area contributed by atoms with E-state index in [0.29, 0.717) is 5.75 Å². The molecule has 0 unspecified atom stereocenters. The molecule has 0 radical (unpaired) electrons. The highest BCUT2D eigenvalue weighted by molar-refractivity contribution is 5.97. The van der Waals surface area contributed by atoms with E-state index in [1.807, 2.05) is 51.1 Å². The molecule has 2 aromatic rings. The number of carbonyl (C=O) groups is 3. The summed E-state index contributed by atoms with van der Waals surface area (Å²) in [7, 11) is 0. The first-order valence-corrected chi connectivity index (χ1v) is 10.6. The maximum atomic E-state index is 12.7. The van der Waals surface area contributed by atoms with Crippen LogP contribution in [-0.4, -0.2) is 47.9 Å². The number of nitrogens with zero attached hydrogens (tertiary/aromatic N) is 1. The predicted octanol–water partition coefficient (Wildman–Crippen LogP) is 3.13. The molecule has 0 saturated carbocycles. The molecule has 0 bridgehead atoms. The largest absolute Gasteiger partial charge is 0.487 e. The molecule has 9 nitrogen and oxygen atoms in total. The summed E-state index contributed by atoms with van der Waals surface area (Å²) >= 11 is 0. The smallest absolute Gasteiger partial charge is 0.328 e. The molecule has 0 aliphatic heterocycles. The Kier molecular flexibility index (Phi) is 9.65. The number of esters is 2. The molecule has 1 aromatic carbocycles. The average molecular weight is 459 g/mol. The number of hydrogen-bond donors (Lipinski definition) is 1. The van der Waals surface area contributed by atoms with Gasteiger partial charge in [0.25, 0.3) is 5.91 Å². The van der Waals surface area contributed by atoms with Gasteiger partial charge in [-0.25, -0.2) is 9.78 Å². The van der Waals surface area contributed by atoms with Gasteiger partial charge in [0.15, 0.2) is 11.4 Å². The molecule has 2 rings (SSSR count). The molecule has 1 aromatic heterocycles. The van der Waals surface area contributed by atoms with Crippen LogP contribution in [0.2, 0.25) is 0 Å². The van der Waals surface area contributed by atoms with Crippen molar-refractivity contribution in [2.45, 2.75) is 52.9 Å². The summed E-state index contributed by atoms with van der Waals surface area (Å²) < 4.78 is 21.6. The van der Waals surface area contributed by atoms with Gasteiger partial charge >= 0.3 is 11.9 Å². The lowest BCUT2D eigenvalue weighted by Gasteiger charge is -2.29. The minimum absolute atomic E-state index is 0.0207. The van der Waals surface area contributed by atoms with Gasteiger partial charge in [-0.2, -0.15) is 0 Å². The summed E-state index contributed by atoms with van der Waals surface area (Å²) in [5, 5.41) is 2.56. The van der Waals surface area contributed by atoms with E-state index in [2.05, 4.69) is 10.3 Å². The van der Waals surface area contributed by atoms with Crippen LogP contribution in [0.3, 0.4) is 0 Å². The molecule has 0 spiro atoms. The summed E-state index contributed by atoms with van der Waals surface area (Å²) in [4.78, 5) is 40.3. The number of ether oxygens (including phenoxy) is 4. The Hall–Kier alpha value is -3.62. The summed E-state index contributed by atoms with van der Waals surface area (Å²) in [5.41, 5.74) is -0.0505. The minimum atomic E-state index is -0.953. The molecule has 178 valence electrons. The Bertz CT molecular complexity index is 933.